The molecule has 4 heteroatoms. The monoisotopic (exact) mass is 183 g/mol. The van der Waals surface area contributed by atoms with Gasteiger partial charge in [-0.25, -0.2) is 0 Å². The Balaban J connectivity index is 3.30. The molecule has 0 aliphatic carbocycles. The average Bonchev–Trinajstić information content (AvgIpc) is 2.05. The fraction of sp³-hybridized carbons (Fsp3) is 0.125. The molecule has 0 saturated heterocycles. The number of aromatic hydroxyl groups is 1. The molecule has 0 saturated carbocycles. The summed E-state index contributed by atoms with van der Waals surface area (Å²) in [4.78, 5) is 0. The molecule has 0 bridgehead atoms. The summed E-state index contributed by atoms with van der Waals surface area (Å²) in [6.45, 7) is 0. The third-order valence-electron chi connectivity index (χ3n) is 1.39. The molecule has 0 unspecified atom stereocenters. The van der Waals surface area contributed by atoms with Crippen LogP contribution >= 0.6 is 11.6 Å². The van der Waals surface area contributed by atoms with E-state index in [0.717, 1.165) is 0 Å². The Kier molecular flexibility index (Phi) is 2.41. The van der Waals surface area contributed by atoms with Crippen LogP contribution in [-0.4, -0.2) is 12.2 Å². The number of phenolic OH excluding ortho intramolecular Hbond substituents is 1. The van der Waals surface area contributed by atoms with Crippen molar-refractivity contribution in [3.05, 3.63) is 22.7 Å². The van der Waals surface area contributed by atoms with Gasteiger partial charge in [-0.3, -0.25) is 0 Å². The van der Waals surface area contributed by atoms with Crippen LogP contribution in [0.1, 0.15) is 5.56 Å². The SMILES string of the molecule is COc1cc(C#N)c(O)cc1Cl. The van der Waals surface area contributed by atoms with Crippen molar-refractivity contribution in [2.75, 3.05) is 7.11 Å². The maximum Gasteiger partial charge on any atom is 0.139 e. The van der Waals surface area contributed by atoms with Crippen LogP contribution in [-0.2, 0) is 0 Å². The average molecular weight is 184 g/mol. The second kappa shape index (κ2) is 3.33. The van der Waals surface area contributed by atoms with Crippen molar-refractivity contribution in [1.82, 2.24) is 0 Å². The lowest BCUT2D eigenvalue weighted by atomic mass is 10.2. The third kappa shape index (κ3) is 1.44. The summed E-state index contributed by atoms with van der Waals surface area (Å²) in [5, 5.41) is 18.0. The Hall–Kier alpha value is -1.40. The number of ether oxygens (including phenoxy) is 1. The number of benzene rings is 1. The summed E-state index contributed by atoms with van der Waals surface area (Å²) in [5.41, 5.74) is 0.149. The van der Waals surface area contributed by atoms with Gasteiger partial charge in [0.05, 0.1) is 17.7 Å². The largest absolute Gasteiger partial charge is 0.507 e. The van der Waals surface area contributed by atoms with Crippen LogP contribution in [0.15, 0.2) is 12.1 Å². The van der Waals surface area contributed by atoms with E-state index in [2.05, 4.69) is 0 Å². The highest BCUT2D eigenvalue weighted by atomic mass is 35.5. The van der Waals surface area contributed by atoms with Crippen LogP contribution in [0.5, 0.6) is 11.5 Å². The summed E-state index contributed by atoms with van der Waals surface area (Å²) in [6, 6.07) is 4.47. The van der Waals surface area contributed by atoms with E-state index in [9.17, 15) is 0 Å². The van der Waals surface area contributed by atoms with Gasteiger partial charge in [-0.05, 0) is 0 Å². The molecule has 0 fully saturated rings. The zero-order chi connectivity index (χ0) is 9.14. The zero-order valence-electron chi connectivity index (χ0n) is 6.34. The topological polar surface area (TPSA) is 53.2 Å². The molecule has 0 aliphatic rings. The number of methoxy groups -OCH3 is 1. The van der Waals surface area contributed by atoms with E-state index in [1.807, 2.05) is 6.07 Å². The minimum atomic E-state index is -0.136. The van der Waals surface area contributed by atoms with E-state index in [4.69, 9.17) is 26.7 Å². The normalized spacial score (nSPS) is 9.08. The van der Waals surface area contributed by atoms with Crippen molar-refractivity contribution in [3.8, 4) is 17.6 Å². The third-order valence-corrected chi connectivity index (χ3v) is 1.69. The molecule has 12 heavy (non-hydrogen) atoms. The number of hydrogen-bond donors (Lipinski definition) is 1. The summed E-state index contributed by atoms with van der Waals surface area (Å²) in [5.74, 6) is 0.245. The maximum atomic E-state index is 9.15. The Bertz CT molecular complexity index is 344. The van der Waals surface area contributed by atoms with E-state index < -0.39 is 0 Å². The number of phenols is 1. The minimum absolute atomic E-state index is 0.136. The molecule has 0 amide bonds. The summed E-state index contributed by atoms with van der Waals surface area (Å²) in [7, 11) is 1.44. The molecular formula is C8H6ClNO2. The molecule has 0 spiro atoms. The second-order valence-corrected chi connectivity index (χ2v) is 2.52. The van der Waals surface area contributed by atoms with Crippen LogP contribution in [0.3, 0.4) is 0 Å². The predicted octanol–water partition coefficient (Wildman–Crippen LogP) is 1.93. The maximum absolute atomic E-state index is 9.15. The fourth-order valence-electron chi connectivity index (χ4n) is 0.789. The van der Waals surface area contributed by atoms with Gasteiger partial charge < -0.3 is 9.84 Å². The molecule has 0 radical (unpaired) electrons. The van der Waals surface area contributed by atoms with Gasteiger partial charge in [0.25, 0.3) is 0 Å². The summed E-state index contributed by atoms with van der Waals surface area (Å²) < 4.78 is 4.85. The molecule has 3 nitrogen and oxygen atoms in total. The van der Waals surface area contributed by atoms with E-state index in [0.29, 0.717) is 5.75 Å². The highest BCUT2D eigenvalue weighted by Gasteiger charge is 2.06. The van der Waals surface area contributed by atoms with Gasteiger partial charge in [-0.2, -0.15) is 5.26 Å². The van der Waals surface area contributed by atoms with Crippen molar-refractivity contribution in [3.63, 3.8) is 0 Å². The molecule has 1 N–H and O–H groups in total. The molecule has 1 rings (SSSR count). The first kappa shape index (κ1) is 8.69. The number of hydrogen-bond acceptors (Lipinski definition) is 3. The Morgan fingerprint density at radius 1 is 1.58 bits per heavy atom. The van der Waals surface area contributed by atoms with Gasteiger partial charge in [0, 0.05) is 12.1 Å². The first-order valence-corrected chi connectivity index (χ1v) is 3.53. The first-order chi connectivity index (χ1) is 5.69. The van der Waals surface area contributed by atoms with Crippen molar-refractivity contribution in [2.24, 2.45) is 0 Å². The fourth-order valence-corrected chi connectivity index (χ4v) is 1.02. The van der Waals surface area contributed by atoms with Gasteiger partial charge in [-0.15, -0.1) is 0 Å². The lowest BCUT2D eigenvalue weighted by Gasteiger charge is -2.03. The molecule has 0 heterocycles. The van der Waals surface area contributed by atoms with Crippen molar-refractivity contribution in [1.29, 1.82) is 5.26 Å². The van der Waals surface area contributed by atoms with Crippen LogP contribution < -0.4 is 4.74 Å². The number of nitrogens with zero attached hydrogens (tertiary/aromatic N) is 1. The molecule has 1 aromatic rings. The number of rotatable bonds is 1. The Labute approximate surface area is 74.8 Å². The lowest BCUT2D eigenvalue weighted by molar-refractivity contribution is 0.412. The quantitative estimate of drug-likeness (QED) is 0.724. The van der Waals surface area contributed by atoms with E-state index in [1.54, 1.807) is 0 Å². The van der Waals surface area contributed by atoms with Crippen LogP contribution in [0.25, 0.3) is 0 Å². The van der Waals surface area contributed by atoms with E-state index >= 15 is 0 Å². The smallest absolute Gasteiger partial charge is 0.139 e. The molecule has 1 aromatic carbocycles. The standard InChI is InChI=1S/C8H6ClNO2/c1-12-8-2-5(4-10)7(11)3-6(8)9/h2-3,11H,1H3. The van der Waals surface area contributed by atoms with Gasteiger partial charge in [0.2, 0.25) is 0 Å². The van der Waals surface area contributed by atoms with Gasteiger partial charge in [0.15, 0.2) is 0 Å². The Morgan fingerprint density at radius 3 is 2.75 bits per heavy atom. The molecule has 0 atom stereocenters. The lowest BCUT2D eigenvalue weighted by Crippen LogP contribution is -1.85. The highest BCUT2D eigenvalue weighted by molar-refractivity contribution is 6.32. The Morgan fingerprint density at radius 2 is 2.25 bits per heavy atom. The number of nitriles is 1. The molecular weight excluding hydrogens is 178 g/mol. The van der Waals surface area contributed by atoms with Crippen molar-refractivity contribution >= 4 is 11.6 Å². The number of halogens is 1. The predicted molar refractivity (Wildman–Crippen MR) is 44.4 cm³/mol. The van der Waals surface area contributed by atoms with Gasteiger partial charge in [-0.1, -0.05) is 11.6 Å². The van der Waals surface area contributed by atoms with Crippen LogP contribution in [0.2, 0.25) is 5.02 Å². The van der Waals surface area contributed by atoms with Crippen molar-refractivity contribution in [2.45, 2.75) is 0 Å². The van der Waals surface area contributed by atoms with Crippen LogP contribution in [0.4, 0.5) is 0 Å². The first-order valence-electron chi connectivity index (χ1n) is 3.15. The highest BCUT2D eigenvalue weighted by Crippen LogP contribution is 2.30. The van der Waals surface area contributed by atoms with Crippen LogP contribution in [0, 0.1) is 11.3 Å². The van der Waals surface area contributed by atoms with Gasteiger partial charge in [0.1, 0.15) is 17.6 Å². The second-order valence-electron chi connectivity index (χ2n) is 2.12. The summed E-state index contributed by atoms with van der Waals surface area (Å²) in [6.07, 6.45) is 0. The van der Waals surface area contributed by atoms with Gasteiger partial charge >= 0.3 is 0 Å². The van der Waals surface area contributed by atoms with E-state index in [-0.39, 0.29) is 16.3 Å². The summed E-state index contributed by atoms with van der Waals surface area (Å²) >= 11 is 5.66. The molecule has 0 aliphatic heterocycles. The zero-order valence-corrected chi connectivity index (χ0v) is 7.09. The van der Waals surface area contributed by atoms with E-state index in [1.165, 1.54) is 19.2 Å². The molecule has 0 aromatic heterocycles. The minimum Gasteiger partial charge on any atom is -0.507 e. The van der Waals surface area contributed by atoms with Crippen molar-refractivity contribution < 1.29 is 9.84 Å². The molecule has 62 valence electrons.